The van der Waals surface area contributed by atoms with Crippen LogP contribution in [0.25, 0.3) is 0 Å². The molecule has 1 saturated heterocycles. The molecule has 1 fully saturated rings. The van der Waals surface area contributed by atoms with Crippen LogP contribution in [-0.4, -0.2) is 42.8 Å². The van der Waals surface area contributed by atoms with Gasteiger partial charge in [0.2, 0.25) is 5.91 Å². The first kappa shape index (κ1) is 25.3. The van der Waals surface area contributed by atoms with E-state index in [1.807, 2.05) is 38.1 Å². The van der Waals surface area contributed by atoms with Crippen molar-refractivity contribution < 1.29 is 23.0 Å². The van der Waals surface area contributed by atoms with Gasteiger partial charge < -0.3 is 14.8 Å². The molecule has 0 unspecified atom stereocenters. The maximum atomic E-state index is 15.3. The summed E-state index contributed by atoms with van der Waals surface area (Å²) in [4.78, 5) is 12.2. The van der Waals surface area contributed by atoms with Crippen LogP contribution < -0.4 is 10.1 Å². The summed E-state index contributed by atoms with van der Waals surface area (Å²) in [5.74, 6) is -0.490. The summed E-state index contributed by atoms with van der Waals surface area (Å²) in [6.45, 7) is 4.46. The number of fused-ring (bicyclic) bond motifs is 3. The zero-order valence-corrected chi connectivity index (χ0v) is 21.2. The minimum Gasteiger partial charge on any atom is -0.490 e. The molecule has 4 rings (SSSR count). The van der Waals surface area contributed by atoms with Crippen LogP contribution in [0.1, 0.15) is 37.8 Å². The molecule has 0 spiro atoms. The molecule has 2 heterocycles. The number of halogens is 3. The fourth-order valence-electron chi connectivity index (χ4n) is 5.29. The molecule has 184 valence electrons. The maximum absolute atomic E-state index is 15.3. The van der Waals surface area contributed by atoms with E-state index in [9.17, 15) is 9.18 Å². The number of thioether (sulfide) groups is 1. The normalized spacial score (nSPS) is 24.1. The Morgan fingerprint density at radius 2 is 1.91 bits per heavy atom. The van der Waals surface area contributed by atoms with Crippen LogP contribution in [0.15, 0.2) is 36.4 Å². The van der Waals surface area contributed by atoms with Crippen LogP contribution in [0.4, 0.5) is 8.78 Å². The van der Waals surface area contributed by atoms with E-state index in [4.69, 9.17) is 21.1 Å². The quantitative estimate of drug-likeness (QED) is 0.532. The highest BCUT2D eigenvalue weighted by Gasteiger charge is 2.53. The molecule has 2 aliphatic rings. The van der Waals surface area contributed by atoms with Crippen molar-refractivity contribution >= 4 is 29.3 Å². The van der Waals surface area contributed by atoms with Crippen LogP contribution >= 0.6 is 23.4 Å². The molecule has 4 nitrogen and oxygen atoms in total. The highest BCUT2D eigenvalue weighted by Crippen LogP contribution is 2.53. The van der Waals surface area contributed by atoms with Gasteiger partial charge in [-0.25, -0.2) is 8.78 Å². The molecule has 0 radical (unpaired) electrons. The van der Waals surface area contributed by atoms with Gasteiger partial charge in [0.25, 0.3) is 0 Å². The fraction of sp³-hybridized carbons (Fsp3) is 0.500. The summed E-state index contributed by atoms with van der Waals surface area (Å²) in [7, 11) is 1.63. The lowest BCUT2D eigenvalue weighted by molar-refractivity contribution is -0.122. The van der Waals surface area contributed by atoms with Crippen molar-refractivity contribution in [3.05, 3.63) is 64.2 Å². The van der Waals surface area contributed by atoms with Gasteiger partial charge in [0, 0.05) is 35.6 Å². The van der Waals surface area contributed by atoms with E-state index in [0.29, 0.717) is 42.2 Å². The topological polar surface area (TPSA) is 47.6 Å². The SMILES string of the molecule is CNC(=O)C(C)(C)SCC[C@@H]1OCC[C@@]2(Cc3ccc(Cl)cc3)c3c(F)ccc(F)c3OC[C@@H]12. The Hall–Kier alpha value is -1.83. The van der Waals surface area contributed by atoms with Crippen LogP contribution in [0.5, 0.6) is 5.75 Å². The number of rotatable bonds is 7. The largest absolute Gasteiger partial charge is 0.490 e. The average Bonchev–Trinajstić information content (AvgIpc) is 2.81. The average molecular weight is 510 g/mol. The number of nitrogens with one attached hydrogen (secondary N) is 1. The van der Waals surface area contributed by atoms with Crippen molar-refractivity contribution in [3.8, 4) is 5.75 Å². The summed E-state index contributed by atoms with van der Waals surface area (Å²) in [5, 5.41) is 3.33. The van der Waals surface area contributed by atoms with Crippen LogP contribution in [0.2, 0.25) is 5.02 Å². The van der Waals surface area contributed by atoms with Crippen molar-refractivity contribution in [2.24, 2.45) is 5.92 Å². The molecule has 0 saturated carbocycles. The van der Waals surface area contributed by atoms with Crippen LogP contribution in [0.3, 0.4) is 0 Å². The predicted octanol–water partition coefficient (Wildman–Crippen LogP) is 5.54. The Balaban J connectivity index is 1.66. The lowest BCUT2D eigenvalue weighted by Gasteiger charge is -2.51. The van der Waals surface area contributed by atoms with Crippen molar-refractivity contribution in [2.45, 2.75) is 49.4 Å². The smallest absolute Gasteiger partial charge is 0.235 e. The molecule has 2 aromatic rings. The third-order valence-electron chi connectivity index (χ3n) is 7.07. The molecular formula is C26H30ClF2NO3S. The molecule has 1 amide bonds. The van der Waals surface area contributed by atoms with Gasteiger partial charge in [-0.1, -0.05) is 23.7 Å². The first-order chi connectivity index (χ1) is 16.2. The van der Waals surface area contributed by atoms with E-state index in [1.54, 1.807) is 18.8 Å². The molecule has 8 heteroatoms. The van der Waals surface area contributed by atoms with Gasteiger partial charge in [-0.3, -0.25) is 4.79 Å². The van der Waals surface area contributed by atoms with Gasteiger partial charge in [-0.2, -0.15) is 0 Å². The highest BCUT2D eigenvalue weighted by atomic mass is 35.5. The molecule has 0 aromatic heterocycles. The van der Waals surface area contributed by atoms with Gasteiger partial charge in [-0.15, -0.1) is 11.8 Å². The highest BCUT2D eigenvalue weighted by molar-refractivity contribution is 8.01. The molecule has 2 aliphatic heterocycles. The second-order valence-electron chi connectivity index (χ2n) is 9.50. The summed E-state index contributed by atoms with van der Waals surface area (Å²) in [5.41, 5.74) is 0.643. The molecule has 3 atom stereocenters. The molecule has 34 heavy (non-hydrogen) atoms. The Morgan fingerprint density at radius 3 is 2.62 bits per heavy atom. The zero-order valence-electron chi connectivity index (χ0n) is 19.6. The molecule has 2 aromatic carbocycles. The van der Waals surface area contributed by atoms with E-state index in [2.05, 4.69) is 5.32 Å². The molecular weight excluding hydrogens is 480 g/mol. The van der Waals surface area contributed by atoms with Gasteiger partial charge in [0.05, 0.1) is 17.5 Å². The summed E-state index contributed by atoms with van der Waals surface area (Å²) in [6.07, 6.45) is 1.56. The Kier molecular flexibility index (Phi) is 7.46. The summed E-state index contributed by atoms with van der Waals surface area (Å²) in [6, 6.07) is 9.83. The van der Waals surface area contributed by atoms with E-state index >= 15 is 4.39 Å². The van der Waals surface area contributed by atoms with Crippen molar-refractivity contribution in [1.29, 1.82) is 0 Å². The second kappa shape index (κ2) is 10.0. The van der Waals surface area contributed by atoms with E-state index in [-0.39, 0.29) is 30.3 Å². The Bertz CT molecular complexity index is 1050. The van der Waals surface area contributed by atoms with Gasteiger partial charge in [0.1, 0.15) is 5.82 Å². The molecule has 0 aliphatic carbocycles. The van der Waals surface area contributed by atoms with Crippen molar-refractivity contribution in [1.82, 2.24) is 5.32 Å². The number of ether oxygens (including phenoxy) is 2. The third-order valence-corrected chi connectivity index (χ3v) is 8.67. The lowest BCUT2D eigenvalue weighted by atomic mass is 9.60. The molecule has 0 bridgehead atoms. The fourth-order valence-corrected chi connectivity index (χ4v) is 6.51. The Morgan fingerprint density at radius 1 is 1.21 bits per heavy atom. The number of carbonyl (C=O) groups is 1. The zero-order chi connectivity index (χ0) is 24.5. The monoisotopic (exact) mass is 509 g/mol. The third kappa shape index (κ3) is 4.79. The number of benzene rings is 2. The van der Waals surface area contributed by atoms with Gasteiger partial charge in [0.15, 0.2) is 11.6 Å². The standard InChI is InChI=1S/C26H30ClF2NO3S/c1-25(2,24(31)30-3)34-13-10-21-18-15-33-23-20(29)9-8-19(28)22(23)26(18,11-12-32-21)14-16-4-6-17(27)7-5-16/h4-9,18,21H,10-15H2,1-3H3,(H,30,31)/t18-,21-,26-/m0/s1. The number of amides is 1. The van der Waals surface area contributed by atoms with Gasteiger partial charge in [-0.05, 0) is 68.7 Å². The van der Waals surface area contributed by atoms with Crippen LogP contribution in [0, 0.1) is 17.6 Å². The first-order valence-corrected chi connectivity index (χ1v) is 12.9. The van der Waals surface area contributed by atoms with Crippen LogP contribution in [-0.2, 0) is 21.4 Å². The van der Waals surface area contributed by atoms with Crippen molar-refractivity contribution in [2.75, 3.05) is 26.0 Å². The van der Waals surface area contributed by atoms with E-state index in [0.717, 1.165) is 11.6 Å². The maximum Gasteiger partial charge on any atom is 0.235 e. The summed E-state index contributed by atoms with van der Waals surface area (Å²) < 4.78 is 41.5. The predicted molar refractivity (Wildman–Crippen MR) is 132 cm³/mol. The number of hydrogen-bond acceptors (Lipinski definition) is 4. The lowest BCUT2D eigenvalue weighted by Crippen LogP contribution is -2.55. The Labute approximate surface area is 208 Å². The number of carbonyl (C=O) groups excluding carboxylic acids is 1. The summed E-state index contributed by atoms with van der Waals surface area (Å²) >= 11 is 7.65. The van der Waals surface area contributed by atoms with E-state index < -0.39 is 21.8 Å². The molecule has 1 N–H and O–H groups in total. The second-order valence-corrected chi connectivity index (χ2v) is 11.7. The minimum absolute atomic E-state index is 0.0148. The number of hydrogen-bond donors (Lipinski definition) is 1. The van der Waals surface area contributed by atoms with Crippen molar-refractivity contribution in [3.63, 3.8) is 0 Å². The van der Waals surface area contributed by atoms with Gasteiger partial charge >= 0.3 is 0 Å². The van der Waals surface area contributed by atoms with E-state index in [1.165, 1.54) is 6.07 Å². The minimum atomic E-state index is -0.669. The first-order valence-electron chi connectivity index (χ1n) is 11.5.